The minimum absolute atomic E-state index is 0.0991. The number of carboxylic acid groups (broad SMARTS) is 1. The zero-order valence-corrected chi connectivity index (χ0v) is 20.2. The number of benzene rings is 2. The molecule has 5 rings (SSSR count). The molecule has 37 heavy (non-hydrogen) atoms. The molecule has 10 heteroatoms. The highest BCUT2D eigenvalue weighted by Gasteiger charge is 2.18. The third-order valence-corrected chi connectivity index (χ3v) is 6.24. The van der Waals surface area contributed by atoms with Crippen LogP contribution < -0.4 is 10.3 Å². The molecule has 0 bridgehead atoms. The third-order valence-electron chi connectivity index (χ3n) is 6.01. The van der Waals surface area contributed by atoms with E-state index in [1.165, 1.54) is 29.4 Å². The highest BCUT2D eigenvalue weighted by Crippen LogP contribution is 2.38. The molecule has 0 fully saturated rings. The lowest BCUT2D eigenvalue weighted by Crippen LogP contribution is -2.24. The van der Waals surface area contributed by atoms with Crippen molar-refractivity contribution in [3.8, 4) is 22.9 Å². The molecule has 1 N–H and O–H groups in total. The van der Waals surface area contributed by atoms with Gasteiger partial charge in [0.15, 0.2) is 0 Å². The number of nitriles is 1. The molecule has 0 unspecified atom stereocenters. The van der Waals surface area contributed by atoms with Crippen LogP contribution in [0.4, 0.5) is 0 Å². The van der Waals surface area contributed by atoms with Crippen LogP contribution in [0.5, 0.6) is 5.75 Å². The molecule has 0 aliphatic rings. The van der Waals surface area contributed by atoms with Gasteiger partial charge in [-0.25, -0.2) is 9.78 Å². The normalized spacial score (nSPS) is 10.9. The Kier molecular flexibility index (Phi) is 6.26. The SMILES string of the molecule is Cc1ccc(C(=O)O)c2nccc(-c3cc(Cl)ccc3OCCn3cnc4cncc(C#N)c4c3=O)c12. The molecular formula is C27H18ClN5O4. The van der Waals surface area contributed by atoms with Gasteiger partial charge in [0.05, 0.1) is 46.6 Å². The second-order valence-corrected chi connectivity index (χ2v) is 8.68. The van der Waals surface area contributed by atoms with Crippen LogP contribution in [-0.4, -0.2) is 37.2 Å². The number of aromatic carboxylic acids is 1. The number of aromatic nitrogens is 4. The Morgan fingerprint density at radius 2 is 1.97 bits per heavy atom. The predicted molar refractivity (Wildman–Crippen MR) is 138 cm³/mol. The average Bonchev–Trinajstić information content (AvgIpc) is 2.90. The van der Waals surface area contributed by atoms with Gasteiger partial charge in [0.25, 0.3) is 5.56 Å². The fourth-order valence-corrected chi connectivity index (χ4v) is 4.44. The van der Waals surface area contributed by atoms with E-state index in [1.54, 1.807) is 36.5 Å². The van der Waals surface area contributed by atoms with Crippen molar-refractivity contribution in [1.29, 1.82) is 5.26 Å². The van der Waals surface area contributed by atoms with Crippen molar-refractivity contribution < 1.29 is 14.6 Å². The van der Waals surface area contributed by atoms with Gasteiger partial charge in [0, 0.05) is 28.4 Å². The number of ether oxygens (including phenoxy) is 1. The van der Waals surface area contributed by atoms with Crippen LogP contribution in [0.1, 0.15) is 21.5 Å². The standard InChI is InChI=1S/C27H18ClN5O4/c1-15-2-4-19(27(35)36)25-23(15)18(6-7-31-25)20-10-17(28)3-5-22(20)37-9-8-33-14-32-21-13-30-12-16(11-29)24(21)26(33)34/h2-7,10,12-14H,8-9H2,1H3,(H,35,36). The van der Waals surface area contributed by atoms with Crippen molar-refractivity contribution in [1.82, 2.24) is 19.5 Å². The van der Waals surface area contributed by atoms with Crippen molar-refractivity contribution in [3.63, 3.8) is 0 Å². The maximum Gasteiger partial charge on any atom is 0.337 e. The lowest BCUT2D eigenvalue weighted by molar-refractivity contribution is 0.0699. The number of rotatable bonds is 6. The monoisotopic (exact) mass is 511 g/mol. The van der Waals surface area contributed by atoms with Gasteiger partial charge in [-0.2, -0.15) is 5.26 Å². The molecule has 0 radical (unpaired) electrons. The minimum atomic E-state index is -1.07. The Morgan fingerprint density at radius 3 is 2.76 bits per heavy atom. The average molecular weight is 512 g/mol. The van der Waals surface area contributed by atoms with Crippen molar-refractivity contribution in [2.75, 3.05) is 6.61 Å². The number of carboxylic acids is 1. The van der Waals surface area contributed by atoms with Gasteiger partial charge in [-0.1, -0.05) is 17.7 Å². The fraction of sp³-hybridized carbons (Fsp3) is 0.111. The number of hydrogen-bond donors (Lipinski definition) is 1. The lowest BCUT2D eigenvalue weighted by Gasteiger charge is -2.16. The summed E-state index contributed by atoms with van der Waals surface area (Å²) < 4.78 is 7.46. The molecule has 0 saturated heterocycles. The van der Waals surface area contributed by atoms with Crippen LogP contribution in [-0.2, 0) is 6.54 Å². The van der Waals surface area contributed by atoms with Crippen molar-refractivity contribution in [2.24, 2.45) is 0 Å². The molecule has 5 aromatic rings. The topological polar surface area (TPSA) is 131 Å². The van der Waals surface area contributed by atoms with Crippen LogP contribution in [0.3, 0.4) is 0 Å². The van der Waals surface area contributed by atoms with Gasteiger partial charge in [0.1, 0.15) is 18.4 Å². The van der Waals surface area contributed by atoms with Gasteiger partial charge in [0.2, 0.25) is 0 Å². The van der Waals surface area contributed by atoms with E-state index in [0.29, 0.717) is 32.8 Å². The second kappa shape index (κ2) is 9.68. The molecule has 0 atom stereocenters. The number of aryl methyl sites for hydroxylation is 1. The zero-order valence-electron chi connectivity index (χ0n) is 19.5. The first-order chi connectivity index (χ1) is 17.9. The molecule has 182 valence electrons. The van der Waals surface area contributed by atoms with Gasteiger partial charge < -0.3 is 9.84 Å². The van der Waals surface area contributed by atoms with E-state index in [2.05, 4.69) is 15.0 Å². The van der Waals surface area contributed by atoms with Gasteiger partial charge >= 0.3 is 5.97 Å². The first-order valence-electron chi connectivity index (χ1n) is 11.2. The largest absolute Gasteiger partial charge is 0.491 e. The molecule has 0 spiro atoms. The summed E-state index contributed by atoms with van der Waals surface area (Å²) in [6, 6.07) is 12.2. The van der Waals surface area contributed by atoms with E-state index in [1.807, 2.05) is 13.0 Å². The summed E-state index contributed by atoms with van der Waals surface area (Å²) in [7, 11) is 0. The van der Waals surface area contributed by atoms with E-state index >= 15 is 0 Å². The van der Waals surface area contributed by atoms with Gasteiger partial charge in [-0.05, 0) is 48.4 Å². The maximum atomic E-state index is 13.0. The molecular weight excluding hydrogens is 494 g/mol. The summed E-state index contributed by atoms with van der Waals surface area (Å²) in [4.78, 5) is 37.3. The van der Waals surface area contributed by atoms with Crippen LogP contribution in [0.25, 0.3) is 32.9 Å². The number of hydrogen-bond acceptors (Lipinski definition) is 7. The van der Waals surface area contributed by atoms with E-state index in [0.717, 1.165) is 11.1 Å². The van der Waals surface area contributed by atoms with E-state index in [4.69, 9.17) is 16.3 Å². The third kappa shape index (κ3) is 4.35. The fourth-order valence-electron chi connectivity index (χ4n) is 4.27. The predicted octanol–water partition coefficient (Wildman–Crippen LogP) is 4.62. The molecule has 0 aliphatic carbocycles. The smallest absolute Gasteiger partial charge is 0.337 e. The Balaban J connectivity index is 1.51. The first kappa shape index (κ1) is 23.9. The van der Waals surface area contributed by atoms with Crippen molar-refractivity contribution >= 4 is 39.4 Å². The quantitative estimate of drug-likeness (QED) is 0.349. The van der Waals surface area contributed by atoms with Gasteiger partial charge in [-0.3, -0.25) is 19.3 Å². The van der Waals surface area contributed by atoms with Crippen molar-refractivity contribution in [3.05, 3.63) is 93.4 Å². The number of halogens is 1. The highest BCUT2D eigenvalue weighted by atomic mass is 35.5. The molecule has 2 aromatic carbocycles. The van der Waals surface area contributed by atoms with Gasteiger partial charge in [-0.15, -0.1) is 0 Å². The number of carbonyl (C=O) groups is 1. The molecule has 0 amide bonds. The van der Waals surface area contributed by atoms with Crippen LogP contribution in [0.15, 0.2) is 66.1 Å². The summed E-state index contributed by atoms with van der Waals surface area (Å²) in [6.45, 7) is 2.18. The maximum absolute atomic E-state index is 13.0. The number of nitrogens with zero attached hydrogens (tertiary/aromatic N) is 5. The van der Waals surface area contributed by atoms with E-state index < -0.39 is 5.97 Å². The van der Waals surface area contributed by atoms with Crippen LogP contribution in [0, 0.1) is 18.3 Å². The van der Waals surface area contributed by atoms with E-state index in [-0.39, 0.29) is 35.2 Å². The lowest BCUT2D eigenvalue weighted by atomic mass is 9.95. The summed E-state index contributed by atoms with van der Waals surface area (Å²) in [5.74, 6) is -0.567. The molecule has 0 saturated carbocycles. The second-order valence-electron chi connectivity index (χ2n) is 8.24. The van der Waals surface area contributed by atoms with E-state index in [9.17, 15) is 20.0 Å². The van der Waals surface area contributed by atoms with Crippen LogP contribution in [0.2, 0.25) is 5.02 Å². The van der Waals surface area contributed by atoms with Crippen LogP contribution >= 0.6 is 11.6 Å². The first-order valence-corrected chi connectivity index (χ1v) is 11.5. The number of fused-ring (bicyclic) bond motifs is 2. The Bertz CT molecular complexity index is 1810. The highest BCUT2D eigenvalue weighted by molar-refractivity contribution is 6.31. The summed E-state index contributed by atoms with van der Waals surface area (Å²) in [5.41, 5.74) is 2.85. The number of pyridine rings is 2. The Morgan fingerprint density at radius 1 is 1.14 bits per heavy atom. The summed E-state index contributed by atoms with van der Waals surface area (Å²) in [5, 5.41) is 20.4. The molecule has 9 nitrogen and oxygen atoms in total. The van der Waals surface area contributed by atoms with Crippen molar-refractivity contribution in [2.45, 2.75) is 13.5 Å². The Hall–Kier alpha value is -4.81. The summed E-state index contributed by atoms with van der Waals surface area (Å²) in [6.07, 6.45) is 5.72. The molecule has 0 aliphatic heterocycles. The zero-order chi connectivity index (χ0) is 26.1. The minimum Gasteiger partial charge on any atom is -0.491 e. The molecule has 3 aromatic heterocycles. The summed E-state index contributed by atoms with van der Waals surface area (Å²) >= 11 is 6.32. The Labute approximate surface area is 215 Å². The molecule has 3 heterocycles.